The highest BCUT2D eigenvalue weighted by Crippen LogP contribution is 2.29. The minimum atomic E-state index is -1.32. The second-order valence-electron chi connectivity index (χ2n) is 5.44. The molecule has 25 heavy (non-hydrogen) atoms. The van der Waals surface area contributed by atoms with Gasteiger partial charge in [-0.05, 0) is 38.5 Å². The predicted molar refractivity (Wildman–Crippen MR) is 92.5 cm³/mol. The maximum atomic E-state index is 11.2. The zero-order chi connectivity index (χ0) is 18.4. The number of ether oxygens (including phenoxy) is 2. The van der Waals surface area contributed by atoms with Crippen molar-refractivity contribution in [1.82, 2.24) is 9.38 Å². The molecule has 2 rings (SSSR count). The largest absolute Gasteiger partial charge is 0.487 e. The summed E-state index contributed by atoms with van der Waals surface area (Å²) in [6.45, 7) is 7.76. The lowest BCUT2D eigenvalue weighted by molar-refractivity contribution is -0.132. The number of rotatable bonds is 8. The van der Waals surface area contributed by atoms with Crippen LogP contribution < -0.4 is 9.47 Å². The highest BCUT2D eigenvalue weighted by molar-refractivity contribution is 5.96. The van der Waals surface area contributed by atoms with Gasteiger partial charge >= 0.3 is 5.97 Å². The molecule has 0 aliphatic rings. The number of aliphatic carboxylic acids is 1. The molecule has 0 amide bonds. The van der Waals surface area contributed by atoms with Gasteiger partial charge in [0.05, 0.1) is 12.7 Å². The van der Waals surface area contributed by atoms with Gasteiger partial charge in [-0.1, -0.05) is 6.08 Å². The van der Waals surface area contributed by atoms with Crippen LogP contribution in [0.2, 0.25) is 0 Å². The van der Waals surface area contributed by atoms with E-state index in [2.05, 4.69) is 11.6 Å². The molecule has 130 valence electrons. The molecule has 0 aliphatic heterocycles. The quantitative estimate of drug-likeness (QED) is 0.343. The smallest absolute Gasteiger partial charge is 0.346 e. The third-order valence-electron chi connectivity index (χ3n) is 3.17. The Kier molecular flexibility index (Phi) is 5.79. The van der Waals surface area contributed by atoms with Crippen LogP contribution in [-0.4, -0.2) is 33.2 Å². The van der Waals surface area contributed by atoms with Crippen LogP contribution in [-0.2, 0) is 4.79 Å². The summed E-state index contributed by atoms with van der Waals surface area (Å²) in [5.41, 5.74) is 0.441. The first kappa shape index (κ1) is 18.1. The van der Waals surface area contributed by atoms with Crippen molar-refractivity contribution >= 4 is 17.7 Å². The first-order valence-corrected chi connectivity index (χ1v) is 7.74. The van der Waals surface area contributed by atoms with E-state index in [0.717, 1.165) is 0 Å². The molecule has 0 atom stereocenters. The fourth-order valence-corrected chi connectivity index (χ4v) is 2.14. The normalized spacial score (nSPS) is 11.4. The minimum absolute atomic E-state index is 0.0549. The number of hydrogen-bond acceptors (Lipinski definition) is 5. The number of carboxylic acids is 1. The van der Waals surface area contributed by atoms with Crippen molar-refractivity contribution in [3.05, 3.63) is 42.3 Å². The summed E-state index contributed by atoms with van der Waals surface area (Å²) < 4.78 is 13.0. The number of carboxylic acid groups (broad SMARTS) is 1. The summed E-state index contributed by atoms with van der Waals surface area (Å²) in [5, 5.41) is 18.2. The average Bonchev–Trinajstić information content (AvgIpc) is 2.90. The Labute approximate surface area is 145 Å². The number of imidazole rings is 1. The van der Waals surface area contributed by atoms with E-state index in [-0.39, 0.29) is 12.0 Å². The van der Waals surface area contributed by atoms with Gasteiger partial charge in [0.1, 0.15) is 17.3 Å². The monoisotopic (exact) mass is 341 g/mol. The van der Waals surface area contributed by atoms with E-state index in [4.69, 9.17) is 19.8 Å². The Balaban J connectivity index is 2.62. The Morgan fingerprint density at radius 2 is 2.32 bits per heavy atom. The van der Waals surface area contributed by atoms with Crippen LogP contribution in [0.15, 0.2) is 36.6 Å². The summed E-state index contributed by atoms with van der Waals surface area (Å²) in [6.07, 6.45) is 5.21. The lowest BCUT2D eigenvalue weighted by Gasteiger charge is -2.10. The molecule has 0 saturated heterocycles. The van der Waals surface area contributed by atoms with E-state index in [1.54, 1.807) is 34.9 Å². The van der Waals surface area contributed by atoms with E-state index < -0.39 is 11.5 Å². The highest BCUT2D eigenvalue weighted by Gasteiger charge is 2.18. The van der Waals surface area contributed by atoms with Crippen molar-refractivity contribution < 1.29 is 19.4 Å². The summed E-state index contributed by atoms with van der Waals surface area (Å²) in [7, 11) is 0. The van der Waals surface area contributed by atoms with Gasteiger partial charge in [0, 0.05) is 6.20 Å². The fraction of sp³-hybridized carbons (Fsp3) is 0.278. The Morgan fingerprint density at radius 1 is 1.56 bits per heavy atom. The van der Waals surface area contributed by atoms with E-state index in [1.165, 1.54) is 6.08 Å². The van der Waals surface area contributed by atoms with Crippen LogP contribution in [0.25, 0.3) is 11.7 Å². The van der Waals surface area contributed by atoms with Crippen molar-refractivity contribution in [2.45, 2.75) is 26.4 Å². The van der Waals surface area contributed by atoms with Gasteiger partial charge in [-0.3, -0.25) is 4.40 Å². The van der Waals surface area contributed by atoms with Crippen molar-refractivity contribution in [2.75, 3.05) is 6.61 Å². The van der Waals surface area contributed by atoms with Gasteiger partial charge in [-0.15, -0.1) is 6.58 Å². The molecule has 7 heteroatoms. The molecule has 0 spiro atoms. The van der Waals surface area contributed by atoms with Crippen LogP contribution in [0.5, 0.6) is 11.6 Å². The number of fused-ring (bicyclic) bond motifs is 1. The van der Waals surface area contributed by atoms with Crippen molar-refractivity contribution in [1.29, 1.82) is 5.26 Å². The number of pyridine rings is 1. The van der Waals surface area contributed by atoms with Crippen LogP contribution >= 0.6 is 0 Å². The van der Waals surface area contributed by atoms with Gasteiger partial charge in [0.2, 0.25) is 5.88 Å². The third-order valence-corrected chi connectivity index (χ3v) is 3.17. The van der Waals surface area contributed by atoms with Crippen LogP contribution in [0.3, 0.4) is 0 Å². The summed E-state index contributed by atoms with van der Waals surface area (Å²) in [4.78, 5) is 15.6. The zero-order valence-corrected chi connectivity index (χ0v) is 14.1. The standard InChI is InChI=1S/C18H19N3O4/c1-4-5-9-24-17-14(10-13(11-19)18(22)23)21-8-6-7-15(16(21)20-17)25-12(2)3/h4,6-8,10,12H,1,5,9H2,2-3H3,(H,22,23). The minimum Gasteiger partial charge on any atom is -0.487 e. The number of hydrogen-bond donors (Lipinski definition) is 1. The molecule has 2 aromatic rings. The molecule has 0 saturated carbocycles. The van der Waals surface area contributed by atoms with E-state index in [0.29, 0.717) is 30.1 Å². The summed E-state index contributed by atoms with van der Waals surface area (Å²) in [5.74, 6) is -0.542. The Morgan fingerprint density at radius 3 is 2.92 bits per heavy atom. The second-order valence-corrected chi connectivity index (χ2v) is 5.44. The van der Waals surface area contributed by atoms with Crippen LogP contribution in [0, 0.1) is 11.3 Å². The SMILES string of the molecule is C=CCCOc1nc2c(OC(C)C)cccn2c1C=C(C#N)C(=O)O. The number of nitrogens with zero attached hydrogens (tertiary/aromatic N) is 3. The van der Waals surface area contributed by atoms with Gasteiger partial charge in [0.15, 0.2) is 11.4 Å². The summed E-state index contributed by atoms with van der Waals surface area (Å²) >= 11 is 0. The number of carbonyl (C=O) groups is 1. The molecule has 0 fully saturated rings. The number of nitriles is 1. The molecular formula is C18H19N3O4. The molecule has 2 heterocycles. The lowest BCUT2D eigenvalue weighted by atomic mass is 10.2. The maximum Gasteiger partial charge on any atom is 0.346 e. The Hall–Kier alpha value is -3.27. The first-order chi connectivity index (χ1) is 12.0. The first-order valence-electron chi connectivity index (χ1n) is 7.74. The maximum absolute atomic E-state index is 11.2. The molecule has 1 N–H and O–H groups in total. The molecule has 0 unspecified atom stereocenters. The van der Waals surface area contributed by atoms with Crippen molar-refractivity contribution in [3.63, 3.8) is 0 Å². The van der Waals surface area contributed by atoms with Crippen molar-refractivity contribution in [3.8, 4) is 17.7 Å². The zero-order valence-electron chi connectivity index (χ0n) is 14.1. The fourth-order valence-electron chi connectivity index (χ4n) is 2.14. The van der Waals surface area contributed by atoms with E-state index in [1.807, 2.05) is 13.8 Å². The van der Waals surface area contributed by atoms with Gasteiger partial charge in [-0.25, -0.2) is 4.79 Å². The van der Waals surface area contributed by atoms with E-state index in [9.17, 15) is 4.79 Å². The molecule has 2 aromatic heterocycles. The van der Waals surface area contributed by atoms with Gasteiger partial charge < -0.3 is 14.6 Å². The third kappa shape index (κ3) is 4.18. The second kappa shape index (κ2) is 8.02. The van der Waals surface area contributed by atoms with Crippen LogP contribution in [0.4, 0.5) is 0 Å². The average molecular weight is 341 g/mol. The molecule has 0 radical (unpaired) electrons. The van der Waals surface area contributed by atoms with Gasteiger partial charge in [0.25, 0.3) is 0 Å². The van der Waals surface area contributed by atoms with Gasteiger partial charge in [-0.2, -0.15) is 10.2 Å². The van der Waals surface area contributed by atoms with E-state index >= 15 is 0 Å². The highest BCUT2D eigenvalue weighted by atomic mass is 16.5. The van der Waals surface area contributed by atoms with Crippen molar-refractivity contribution in [2.24, 2.45) is 0 Å². The topological polar surface area (TPSA) is 96.9 Å². The molecule has 0 aliphatic carbocycles. The van der Waals surface area contributed by atoms with Crippen LogP contribution in [0.1, 0.15) is 26.0 Å². The molecular weight excluding hydrogens is 322 g/mol. The number of aromatic nitrogens is 2. The summed E-state index contributed by atoms with van der Waals surface area (Å²) in [6, 6.07) is 5.19. The molecule has 0 aromatic carbocycles. The molecule has 0 bridgehead atoms. The molecule has 7 nitrogen and oxygen atoms in total. The lowest BCUT2D eigenvalue weighted by Crippen LogP contribution is -2.06. The predicted octanol–water partition coefficient (Wildman–Crippen LogP) is 3.07. The Bertz CT molecular complexity index is 859.